The first-order valence-corrected chi connectivity index (χ1v) is 9.50. The predicted octanol–water partition coefficient (Wildman–Crippen LogP) is 1.45. The van der Waals surface area contributed by atoms with E-state index in [-0.39, 0.29) is 23.5 Å². The van der Waals surface area contributed by atoms with Gasteiger partial charge in [-0.15, -0.1) is 0 Å². The summed E-state index contributed by atoms with van der Waals surface area (Å²) in [6.45, 7) is 8.42. The molecule has 0 aromatic carbocycles. The lowest BCUT2D eigenvalue weighted by Gasteiger charge is -2.36. The number of Topliss-reactive ketones (excluding diaryl/α,β-unsaturated/α-hetero) is 1. The predicted molar refractivity (Wildman–Crippen MR) is 91.7 cm³/mol. The molecule has 0 aromatic heterocycles. The van der Waals surface area contributed by atoms with Crippen LogP contribution in [0.1, 0.15) is 47.0 Å². The van der Waals surface area contributed by atoms with Gasteiger partial charge in [-0.2, -0.15) is 0 Å². The molecule has 1 spiro atoms. The third kappa shape index (κ3) is 2.32. The fourth-order valence-corrected chi connectivity index (χ4v) is 5.71. The summed E-state index contributed by atoms with van der Waals surface area (Å²) < 4.78 is 5.66. The minimum Gasteiger partial charge on any atom is -0.392 e. The molecule has 0 amide bonds. The number of aliphatic hydroxyl groups excluding tert-OH is 2. The van der Waals surface area contributed by atoms with Crippen LogP contribution in [0.3, 0.4) is 0 Å². The van der Waals surface area contributed by atoms with Gasteiger partial charge in [-0.25, -0.2) is 0 Å². The molecule has 4 unspecified atom stereocenters. The highest BCUT2D eigenvalue weighted by Crippen LogP contribution is 2.63. The summed E-state index contributed by atoms with van der Waals surface area (Å²) in [7, 11) is 0. The molecule has 8 atom stereocenters. The van der Waals surface area contributed by atoms with Crippen molar-refractivity contribution in [2.24, 2.45) is 29.1 Å². The Morgan fingerprint density at radius 3 is 2.52 bits per heavy atom. The quantitative estimate of drug-likeness (QED) is 0.575. The van der Waals surface area contributed by atoms with Crippen molar-refractivity contribution < 1.29 is 24.9 Å². The molecule has 140 valence electrons. The first-order chi connectivity index (χ1) is 11.5. The van der Waals surface area contributed by atoms with Gasteiger partial charge in [0.25, 0.3) is 0 Å². The maximum atomic E-state index is 13.1. The van der Waals surface area contributed by atoms with Crippen molar-refractivity contribution in [3.8, 4) is 0 Å². The normalized spacial score (nSPS) is 56.4. The Labute approximate surface area is 149 Å². The molecule has 4 aliphatic rings. The maximum absolute atomic E-state index is 13.1. The van der Waals surface area contributed by atoms with Crippen molar-refractivity contribution in [3.05, 3.63) is 11.6 Å². The van der Waals surface area contributed by atoms with E-state index in [9.17, 15) is 20.1 Å². The number of hydrogen-bond donors (Lipinski definition) is 3. The highest BCUT2D eigenvalue weighted by atomic mass is 16.6. The summed E-state index contributed by atoms with van der Waals surface area (Å²) in [6, 6.07) is 0. The van der Waals surface area contributed by atoms with E-state index < -0.39 is 29.3 Å². The number of carbonyl (C=O) groups excluding carboxylic acids is 1. The molecular formula is C20H30O5. The number of aliphatic hydroxyl groups is 3. The summed E-state index contributed by atoms with van der Waals surface area (Å²) in [5.41, 5.74) is -1.76. The van der Waals surface area contributed by atoms with Crippen LogP contribution >= 0.6 is 0 Å². The second-order valence-electron chi connectivity index (χ2n) is 9.59. The van der Waals surface area contributed by atoms with E-state index >= 15 is 0 Å². The Bertz CT molecular complexity index is 634. The monoisotopic (exact) mass is 350 g/mol. The molecule has 3 aliphatic carbocycles. The van der Waals surface area contributed by atoms with Crippen LogP contribution in [0.2, 0.25) is 0 Å². The summed E-state index contributed by atoms with van der Waals surface area (Å²) >= 11 is 0. The largest absolute Gasteiger partial charge is 0.392 e. The minimum absolute atomic E-state index is 0.131. The van der Waals surface area contributed by atoms with E-state index in [1.165, 1.54) is 0 Å². The second kappa shape index (κ2) is 5.16. The van der Waals surface area contributed by atoms with Crippen molar-refractivity contribution in [1.82, 2.24) is 0 Å². The minimum atomic E-state index is -1.73. The van der Waals surface area contributed by atoms with E-state index in [1.807, 2.05) is 13.0 Å². The molecule has 0 radical (unpaired) electrons. The number of carbonyl (C=O) groups is 1. The SMILES string of the molecule is C/C1=C\C2C(CCC3(CO3)[C@H](O)C3[C@@H](O)[C@@H](C)C[C@]3(O)C1=O)C2(C)C. The van der Waals surface area contributed by atoms with Crippen LogP contribution in [-0.4, -0.2) is 51.1 Å². The first-order valence-electron chi connectivity index (χ1n) is 9.50. The molecule has 5 heteroatoms. The van der Waals surface area contributed by atoms with Gasteiger partial charge in [0.2, 0.25) is 0 Å². The number of hydrogen-bond acceptors (Lipinski definition) is 5. The standard InChI is InChI=1S/C20H30O5/c1-10-7-13-12(18(13,3)4)5-6-19(9-25-19)17(23)14-15(21)11(2)8-20(14,24)16(10)22/h7,11-15,17,21,23-24H,5-6,8-9H2,1-4H3/b10-7+/t11-,12?,13?,14?,15-,17+,19?,20+/m0/s1. The topological polar surface area (TPSA) is 90.3 Å². The van der Waals surface area contributed by atoms with Crippen LogP contribution in [0.4, 0.5) is 0 Å². The number of rotatable bonds is 0. The number of ketones is 1. The number of ether oxygens (including phenoxy) is 1. The van der Waals surface area contributed by atoms with E-state index in [1.54, 1.807) is 6.92 Å². The average Bonchev–Trinajstić information content (AvgIpc) is 3.39. The zero-order chi connectivity index (χ0) is 18.4. The smallest absolute Gasteiger partial charge is 0.190 e. The fraction of sp³-hybridized carbons (Fsp3) is 0.850. The van der Waals surface area contributed by atoms with Gasteiger partial charge in [0.15, 0.2) is 5.78 Å². The van der Waals surface area contributed by atoms with Gasteiger partial charge in [0, 0.05) is 0 Å². The van der Waals surface area contributed by atoms with Gasteiger partial charge in [-0.3, -0.25) is 4.79 Å². The van der Waals surface area contributed by atoms with Crippen molar-refractivity contribution in [1.29, 1.82) is 0 Å². The van der Waals surface area contributed by atoms with E-state index in [4.69, 9.17) is 4.74 Å². The zero-order valence-electron chi connectivity index (χ0n) is 15.5. The van der Waals surface area contributed by atoms with Gasteiger partial charge in [0.1, 0.15) is 11.2 Å². The van der Waals surface area contributed by atoms with Gasteiger partial charge in [0.05, 0.1) is 24.7 Å². The molecule has 1 aliphatic heterocycles. The van der Waals surface area contributed by atoms with Gasteiger partial charge in [-0.1, -0.05) is 26.8 Å². The Morgan fingerprint density at radius 2 is 1.92 bits per heavy atom. The third-order valence-corrected chi connectivity index (χ3v) is 7.73. The summed E-state index contributed by atoms with van der Waals surface area (Å²) in [6.07, 6.45) is 1.86. The number of allylic oxidation sites excluding steroid dienone is 1. The molecule has 5 nitrogen and oxygen atoms in total. The van der Waals surface area contributed by atoms with E-state index in [0.29, 0.717) is 30.4 Å². The number of epoxide rings is 1. The number of fused-ring (bicyclic) bond motifs is 2. The third-order valence-electron chi connectivity index (χ3n) is 7.73. The Morgan fingerprint density at radius 1 is 1.28 bits per heavy atom. The lowest BCUT2D eigenvalue weighted by atomic mass is 9.75. The molecule has 3 fully saturated rings. The van der Waals surface area contributed by atoms with E-state index in [2.05, 4.69) is 13.8 Å². The summed E-state index contributed by atoms with van der Waals surface area (Å²) in [5.74, 6) is -0.721. The molecule has 1 heterocycles. The molecular weight excluding hydrogens is 320 g/mol. The van der Waals surface area contributed by atoms with Crippen molar-refractivity contribution in [3.63, 3.8) is 0 Å². The van der Waals surface area contributed by atoms with Crippen LogP contribution in [0.15, 0.2) is 11.6 Å². The summed E-state index contributed by atoms with van der Waals surface area (Å²) in [4.78, 5) is 13.1. The van der Waals surface area contributed by atoms with Crippen LogP contribution in [0, 0.1) is 29.1 Å². The van der Waals surface area contributed by atoms with Gasteiger partial charge < -0.3 is 20.1 Å². The van der Waals surface area contributed by atoms with Gasteiger partial charge >= 0.3 is 0 Å². The molecule has 3 N–H and O–H groups in total. The molecule has 25 heavy (non-hydrogen) atoms. The summed E-state index contributed by atoms with van der Waals surface area (Å²) in [5, 5.41) is 33.0. The molecule has 1 saturated heterocycles. The van der Waals surface area contributed by atoms with Crippen molar-refractivity contribution in [2.45, 2.75) is 70.4 Å². The Hall–Kier alpha value is -0.750. The molecule has 0 aromatic rings. The average molecular weight is 350 g/mol. The van der Waals surface area contributed by atoms with Crippen molar-refractivity contribution in [2.75, 3.05) is 6.61 Å². The zero-order valence-corrected chi connectivity index (χ0v) is 15.5. The second-order valence-corrected chi connectivity index (χ2v) is 9.59. The molecule has 0 bridgehead atoms. The lowest BCUT2D eigenvalue weighted by Crippen LogP contribution is -2.54. The van der Waals surface area contributed by atoms with Crippen molar-refractivity contribution >= 4 is 5.78 Å². The Kier molecular flexibility index (Phi) is 3.64. The highest BCUT2D eigenvalue weighted by Gasteiger charge is 2.66. The maximum Gasteiger partial charge on any atom is 0.190 e. The lowest BCUT2D eigenvalue weighted by molar-refractivity contribution is -0.150. The first kappa shape index (κ1) is 17.7. The molecule has 4 rings (SSSR count). The van der Waals surface area contributed by atoms with Crippen LogP contribution < -0.4 is 0 Å². The highest BCUT2D eigenvalue weighted by molar-refractivity contribution is 6.02. The fourth-order valence-electron chi connectivity index (χ4n) is 5.71. The van der Waals surface area contributed by atoms with Crippen LogP contribution in [-0.2, 0) is 9.53 Å². The van der Waals surface area contributed by atoms with Gasteiger partial charge in [-0.05, 0) is 54.9 Å². The van der Waals surface area contributed by atoms with Crippen LogP contribution in [0.25, 0.3) is 0 Å². The van der Waals surface area contributed by atoms with Crippen LogP contribution in [0.5, 0.6) is 0 Å². The van der Waals surface area contributed by atoms with E-state index in [0.717, 1.165) is 6.42 Å². The Balaban J connectivity index is 1.78. The molecule has 2 saturated carbocycles.